The lowest BCUT2D eigenvalue weighted by Gasteiger charge is -2.16. The van der Waals surface area contributed by atoms with Gasteiger partial charge in [0, 0.05) is 6.07 Å². The molecule has 0 amide bonds. The normalized spacial score (nSPS) is 12.7. The Bertz CT molecular complexity index is 1220. The van der Waals surface area contributed by atoms with E-state index in [1.807, 2.05) is 0 Å². The first-order chi connectivity index (χ1) is 14.7. The number of aryl methyl sites for hydroxylation is 1. The predicted molar refractivity (Wildman–Crippen MR) is 105 cm³/mol. The van der Waals surface area contributed by atoms with Gasteiger partial charge in [0.1, 0.15) is 16.4 Å². The molecule has 1 N–H and O–H groups in total. The van der Waals surface area contributed by atoms with E-state index in [9.17, 15) is 34.8 Å². The van der Waals surface area contributed by atoms with E-state index >= 15 is 0 Å². The molecule has 0 spiro atoms. The maximum Gasteiger partial charge on any atom is 0.422 e. The van der Waals surface area contributed by atoms with Gasteiger partial charge in [-0.3, -0.25) is 4.72 Å². The first-order valence-corrected chi connectivity index (χ1v) is 10.9. The Morgan fingerprint density at radius 3 is 2.28 bits per heavy atom. The molecule has 0 saturated carbocycles. The highest BCUT2D eigenvalue weighted by atomic mass is 32.2. The van der Waals surface area contributed by atoms with Gasteiger partial charge in [-0.05, 0) is 37.3 Å². The molecule has 0 aliphatic carbocycles. The number of ether oxygens (including phenoxy) is 2. The summed E-state index contributed by atoms with van der Waals surface area (Å²) < 4.78 is 113. The van der Waals surface area contributed by atoms with Crippen LogP contribution in [0.4, 0.5) is 32.0 Å². The van der Waals surface area contributed by atoms with Crippen molar-refractivity contribution in [3.8, 4) is 11.5 Å². The lowest BCUT2D eigenvalue weighted by atomic mass is 10.3. The summed E-state index contributed by atoms with van der Waals surface area (Å²) in [6.45, 7) is -1.77. The molecular formula is C18H14F6N2O4S2. The summed E-state index contributed by atoms with van der Waals surface area (Å²) in [5.41, 5.74) is 0.537. The second-order valence-electron chi connectivity index (χ2n) is 6.44. The van der Waals surface area contributed by atoms with Crippen LogP contribution in [0.3, 0.4) is 0 Å². The Labute approximate surface area is 181 Å². The molecule has 1 heterocycles. The smallest absolute Gasteiger partial charge is 0.422 e. The van der Waals surface area contributed by atoms with Gasteiger partial charge in [-0.25, -0.2) is 13.4 Å². The maximum absolute atomic E-state index is 12.9. The molecule has 6 nitrogen and oxygen atoms in total. The van der Waals surface area contributed by atoms with Gasteiger partial charge in [0.05, 0.1) is 20.9 Å². The lowest BCUT2D eigenvalue weighted by molar-refractivity contribution is -0.154. The quantitative estimate of drug-likeness (QED) is 0.447. The van der Waals surface area contributed by atoms with Crippen LogP contribution >= 0.6 is 11.3 Å². The maximum atomic E-state index is 12.9. The number of hydrogen-bond donors (Lipinski definition) is 1. The first kappa shape index (κ1) is 23.9. The molecule has 2 aromatic carbocycles. The summed E-state index contributed by atoms with van der Waals surface area (Å²) in [6.07, 6.45) is -9.47. The van der Waals surface area contributed by atoms with Crippen molar-refractivity contribution in [2.45, 2.75) is 24.2 Å². The van der Waals surface area contributed by atoms with Gasteiger partial charge >= 0.3 is 12.4 Å². The standard InChI is InChI=1S/C18H14F6N2O4S2/c1-10-25-13-6-11(2-5-15(13)31-10)26-32(27,28)16-7-12(29-8-17(19,20)21)3-4-14(16)30-9-18(22,23)24/h2-7,26H,8-9H2,1H3. The minimum atomic E-state index is -4.77. The molecule has 1 aromatic heterocycles. The van der Waals surface area contributed by atoms with Crippen molar-refractivity contribution >= 4 is 37.3 Å². The summed E-state index contributed by atoms with van der Waals surface area (Å²) >= 11 is 1.37. The van der Waals surface area contributed by atoms with E-state index in [2.05, 4.69) is 19.2 Å². The van der Waals surface area contributed by atoms with Gasteiger partial charge in [0.15, 0.2) is 13.2 Å². The Kier molecular flexibility index (Phi) is 6.47. The van der Waals surface area contributed by atoms with Crippen LogP contribution in [0.25, 0.3) is 10.2 Å². The molecule has 0 unspecified atom stereocenters. The fourth-order valence-electron chi connectivity index (χ4n) is 2.55. The zero-order valence-electron chi connectivity index (χ0n) is 16.0. The SMILES string of the molecule is Cc1nc2cc(NS(=O)(=O)c3cc(OCC(F)(F)F)ccc3OCC(F)(F)F)ccc2s1. The van der Waals surface area contributed by atoms with Crippen LogP contribution in [0.5, 0.6) is 11.5 Å². The highest BCUT2D eigenvalue weighted by Crippen LogP contribution is 2.33. The van der Waals surface area contributed by atoms with Crippen molar-refractivity contribution < 1.29 is 44.2 Å². The average molecular weight is 500 g/mol. The molecule has 3 aromatic rings. The minimum Gasteiger partial charge on any atom is -0.484 e. The molecule has 14 heteroatoms. The molecule has 0 saturated heterocycles. The van der Waals surface area contributed by atoms with Gasteiger partial charge in [-0.1, -0.05) is 0 Å². The third-order valence-corrected chi connectivity index (χ3v) is 6.10. The number of rotatable bonds is 7. The van der Waals surface area contributed by atoms with Gasteiger partial charge in [-0.2, -0.15) is 26.3 Å². The van der Waals surface area contributed by atoms with Crippen LogP contribution < -0.4 is 14.2 Å². The summed E-state index contributed by atoms with van der Waals surface area (Å²) in [5, 5.41) is 0.734. The lowest BCUT2D eigenvalue weighted by Crippen LogP contribution is -2.22. The number of aromatic nitrogens is 1. The number of hydrogen-bond acceptors (Lipinski definition) is 6. The number of fused-ring (bicyclic) bond motifs is 1. The summed E-state index contributed by atoms with van der Waals surface area (Å²) in [4.78, 5) is 3.40. The Morgan fingerprint density at radius 2 is 1.62 bits per heavy atom. The fraction of sp³-hybridized carbons (Fsp3) is 0.278. The number of alkyl halides is 6. The zero-order chi connectivity index (χ0) is 23.7. The minimum absolute atomic E-state index is 0.0474. The Hall–Kier alpha value is -2.74. The number of nitrogens with zero attached hydrogens (tertiary/aromatic N) is 1. The molecule has 174 valence electrons. The third-order valence-electron chi connectivity index (χ3n) is 3.75. The van der Waals surface area contributed by atoms with Gasteiger partial charge < -0.3 is 9.47 Å². The second kappa shape index (κ2) is 8.65. The molecular weight excluding hydrogens is 486 g/mol. The number of halogens is 6. The van der Waals surface area contributed by atoms with E-state index in [-0.39, 0.29) is 5.69 Å². The van der Waals surface area contributed by atoms with Gasteiger partial charge in [-0.15, -0.1) is 11.3 Å². The molecule has 0 radical (unpaired) electrons. The van der Waals surface area contributed by atoms with Crippen molar-refractivity contribution in [1.29, 1.82) is 0 Å². The largest absolute Gasteiger partial charge is 0.484 e. The van der Waals surface area contributed by atoms with E-state index in [0.717, 1.165) is 21.8 Å². The van der Waals surface area contributed by atoms with Gasteiger partial charge in [0.2, 0.25) is 0 Å². The molecule has 32 heavy (non-hydrogen) atoms. The van der Waals surface area contributed by atoms with Crippen LogP contribution in [-0.2, 0) is 10.0 Å². The number of anilines is 1. The van der Waals surface area contributed by atoms with Crippen molar-refractivity contribution in [2.24, 2.45) is 0 Å². The highest BCUT2D eigenvalue weighted by Gasteiger charge is 2.31. The number of sulfonamides is 1. The molecule has 0 bridgehead atoms. The van der Waals surface area contributed by atoms with E-state index in [1.54, 1.807) is 13.0 Å². The van der Waals surface area contributed by atoms with E-state index in [4.69, 9.17) is 0 Å². The van der Waals surface area contributed by atoms with E-state index < -0.39 is 52.0 Å². The highest BCUT2D eigenvalue weighted by molar-refractivity contribution is 7.92. The number of benzene rings is 2. The van der Waals surface area contributed by atoms with E-state index in [1.165, 1.54) is 23.5 Å². The first-order valence-electron chi connectivity index (χ1n) is 8.65. The van der Waals surface area contributed by atoms with Crippen LogP contribution in [-0.4, -0.2) is 39.0 Å². The molecule has 0 aliphatic heterocycles. The predicted octanol–water partition coefficient (Wildman–Crippen LogP) is 5.29. The van der Waals surface area contributed by atoms with Crippen LogP contribution in [0.15, 0.2) is 41.3 Å². The Balaban J connectivity index is 1.95. The van der Waals surface area contributed by atoms with Crippen LogP contribution in [0.2, 0.25) is 0 Å². The summed E-state index contributed by atoms with van der Waals surface area (Å²) in [5.74, 6) is -1.23. The fourth-order valence-corrected chi connectivity index (χ4v) is 4.57. The van der Waals surface area contributed by atoms with E-state index in [0.29, 0.717) is 11.6 Å². The Morgan fingerprint density at radius 1 is 0.969 bits per heavy atom. The average Bonchev–Trinajstić information content (AvgIpc) is 3.02. The van der Waals surface area contributed by atoms with Crippen molar-refractivity contribution in [3.63, 3.8) is 0 Å². The summed E-state index contributed by atoms with van der Waals surface area (Å²) in [6, 6.07) is 6.75. The van der Waals surface area contributed by atoms with Crippen molar-refractivity contribution in [2.75, 3.05) is 17.9 Å². The second-order valence-corrected chi connectivity index (χ2v) is 9.32. The number of thiazole rings is 1. The number of nitrogens with one attached hydrogen (secondary N) is 1. The molecule has 0 atom stereocenters. The third kappa shape index (κ3) is 6.38. The van der Waals surface area contributed by atoms with Crippen LogP contribution in [0.1, 0.15) is 5.01 Å². The molecule has 3 rings (SSSR count). The molecule has 0 aliphatic rings. The van der Waals surface area contributed by atoms with Crippen molar-refractivity contribution in [1.82, 2.24) is 4.98 Å². The van der Waals surface area contributed by atoms with Crippen molar-refractivity contribution in [3.05, 3.63) is 41.4 Å². The topological polar surface area (TPSA) is 77.5 Å². The van der Waals surface area contributed by atoms with Gasteiger partial charge in [0.25, 0.3) is 10.0 Å². The molecule has 0 fully saturated rings. The zero-order valence-corrected chi connectivity index (χ0v) is 17.7. The van der Waals surface area contributed by atoms with Crippen LogP contribution in [0, 0.1) is 6.92 Å². The monoisotopic (exact) mass is 500 g/mol. The summed E-state index contributed by atoms with van der Waals surface area (Å²) in [7, 11) is -4.58.